The van der Waals surface area contributed by atoms with Gasteiger partial charge in [-0.15, -0.1) is 0 Å². The Morgan fingerprint density at radius 2 is 1.81 bits per heavy atom. The number of rotatable bonds is 4. The Kier molecular flexibility index (Phi) is 4.00. The number of esters is 1. The predicted molar refractivity (Wildman–Crippen MR) is 63.1 cm³/mol. The standard InChI is InChI=1S/C13H22O3/c1-9(2)6-13(7-10(3)4)8-11(14)5-12(15)16-13/h5,9-10,14H,6-8H2,1-4H3. The maximum atomic E-state index is 11.4. The fraction of sp³-hybridized carbons (Fsp3) is 0.769. The first-order valence-corrected chi connectivity index (χ1v) is 5.95. The minimum Gasteiger partial charge on any atom is -0.512 e. The summed E-state index contributed by atoms with van der Waals surface area (Å²) in [5.41, 5.74) is -0.502. The first kappa shape index (κ1) is 13.1. The van der Waals surface area contributed by atoms with Crippen LogP contribution in [0.25, 0.3) is 0 Å². The van der Waals surface area contributed by atoms with Gasteiger partial charge in [0, 0.05) is 6.42 Å². The van der Waals surface area contributed by atoms with Gasteiger partial charge in [0.15, 0.2) is 0 Å². The molecule has 1 rings (SSSR count). The summed E-state index contributed by atoms with van der Waals surface area (Å²) in [6.45, 7) is 8.41. The van der Waals surface area contributed by atoms with Gasteiger partial charge >= 0.3 is 5.97 Å². The molecule has 3 nitrogen and oxygen atoms in total. The Morgan fingerprint density at radius 3 is 2.19 bits per heavy atom. The lowest BCUT2D eigenvalue weighted by Crippen LogP contribution is -2.40. The first-order valence-electron chi connectivity index (χ1n) is 5.95. The number of carbonyl (C=O) groups excluding carboxylic acids is 1. The summed E-state index contributed by atoms with van der Waals surface area (Å²) >= 11 is 0. The third kappa shape index (κ3) is 3.54. The zero-order chi connectivity index (χ0) is 12.3. The van der Waals surface area contributed by atoms with E-state index in [0.717, 1.165) is 12.8 Å². The lowest BCUT2D eigenvalue weighted by Gasteiger charge is -2.38. The molecule has 3 heteroatoms. The van der Waals surface area contributed by atoms with Crippen molar-refractivity contribution in [3.8, 4) is 0 Å². The molecule has 1 aliphatic heterocycles. The van der Waals surface area contributed by atoms with Gasteiger partial charge in [-0.05, 0) is 24.7 Å². The maximum absolute atomic E-state index is 11.4. The van der Waals surface area contributed by atoms with Crippen LogP contribution in [0, 0.1) is 11.8 Å². The number of hydrogen-bond donors (Lipinski definition) is 1. The highest BCUT2D eigenvalue weighted by Gasteiger charge is 2.39. The Balaban J connectivity index is 2.87. The highest BCUT2D eigenvalue weighted by atomic mass is 16.6. The zero-order valence-corrected chi connectivity index (χ0v) is 10.6. The van der Waals surface area contributed by atoms with Gasteiger partial charge in [-0.3, -0.25) is 0 Å². The molecule has 1 N–H and O–H groups in total. The van der Waals surface area contributed by atoms with E-state index >= 15 is 0 Å². The average Bonchev–Trinajstić information content (AvgIpc) is 1.95. The SMILES string of the molecule is CC(C)CC1(CC(C)C)CC(O)=CC(=O)O1. The molecule has 92 valence electrons. The molecule has 1 heterocycles. The number of aliphatic hydroxyl groups is 1. The third-order valence-corrected chi connectivity index (χ3v) is 2.67. The summed E-state index contributed by atoms with van der Waals surface area (Å²) in [6, 6.07) is 0. The molecule has 16 heavy (non-hydrogen) atoms. The van der Waals surface area contributed by atoms with Crippen molar-refractivity contribution in [2.75, 3.05) is 0 Å². The third-order valence-electron chi connectivity index (χ3n) is 2.67. The molecule has 0 aromatic carbocycles. The maximum Gasteiger partial charge on any atom is 0.334 e. The molecule has 0 aromatic rings. The fourth-order valence-electron chi connectivity index (χ4n) is 2.60. The normalized spacial score (nSPS) is 19.9. The Labute approximate surface area is 97.5 Å². The Bertz CT molecular complexity index is 280. The molecule has 0 aliphatic carbocycles. The molecule has 0 aromatic heterocycles. The van der Waals surface area contributed by atoms with Gasteiger partial charge in [-0.1, -0.05) is 27.7 Å². The minimum absolute atomic E-state index is 0.151. The number of ether oxygens (including phenoxy) is 1. The van der Waals surface area contributed by atoms with E-state index in [1.165, 1.54) is 6.08 Å². The monoisotopic (exact) mass is 226 g/mol. The van der Waals surface area contributed by atoms with Gasteiger partial charge in [0.2, 0.25) is 0 Å². The van der Waals surface area contributed by atoms with E-state index in [4.69, 9.17) is 4.74 Å². The van der Waals surface area contributed by atoms with Crippen LogP contribution in [0.15, 0.2) is 11.8 Å². The van der Waals surface area contributed by atoms with Crippen LogP contribution in [-0.4, -0.2) is 16.7 Å². The summed E-state index contributed by atoms with van der Waals surface area (Å²) in [5.74, 6) is 0.623. The van der Waals surface area contributed by atoms with E-state index < -0.39 is 11.6 Å². The molecular formula is C13H22O3. The number of carbonyl (C=O) groups is 1. The van der Waals surface area contributed by atoms with Crippen molar-refractivity contribution in [2.24, 2.45) is 11.8 Å². The highest BCUT2D eigenvalue weighted by molar-refractivity contribution is 5.83. The topological polar surface area (TPSA) is 46.5 Å². The van der Waals surface area contributed by atoms with E-state index in [1.54, 1.807) is 0 Å². The smallest absolute Gasteiger partial charge is 0.334 e. The summed E-state index contributed by atoms with van der Waals surface area (Å²) in [4.78, 5) is 11.4. The first-order chi connectivity index (χ1) is 7.33. The van der Waals surface area contributed by atoms with Crippen LogP contribution in [-0.2, 0) is 9.53 Å². The van der Waals surface area contributed by atoms with Crippen molar-refractivity contribution >= 4 is 5.97 Å². The molecule has 0 radical (unpaired) electrons. The molecule has 0 atom stereocenters. The average molecular weight is 226 g/mol. The molecule has 0 amide bonds. The van der Waals surface area contributed by atoms with Gasteiger partial charge in [-0.2, -0.15) is 0 Å². The number of hydrogen-bond acceptors (Lipinski definition) is 3. The van der Waals surface area contributed by atoms with Gasteiger partial charge in [-0.25, -0.2) is 4.79 Å². The molecule has 1 aliphatic rings. The second-order valence-corrected chi connectivity index (χ2v) is 5.61. The minimum atomic E-state index is -0.502. The lowest BCUT2D eigenvalue weighted by atomic mass is 9.81. The van der Waals surface area contributed by atoms with Crippen molar-refractivity contribution in [1.29, 1.82) is 0 Å². The van der Waals surface area contributed by atoms with Crippen molar-refractivity contribution in [1.82, 2.24) is 0 Å². The Hall–Kier alpha value is -0.990. The van der Waals surface area contributed by atoms with E-state index in [9.17, 15) is 9.90 Å². The second-order valence-electron chi connectivity index (χ2n) is 5.61. The zero-order valence-electron chi connectivity index (χ0n) is 10.6. The van der Waals surface area contributed by atoms with E-state index in [-0.39, 0.29) is 5.76 Å². The second kappa shape index (κ2) is 4.89. The summed E-state index contributed by atoms with van der Waals surface area (Å²) in [6.07, 6.45) is 3.23. The largest absolute Gasteiger partial charge is 0.512 e. The van der Waals surface area contributed by atoms with Crippen LogP contribution in [0.5, 0.6) is 0 Å². The van der Waals surface area contributed by atoms with Crippen LogP contribution in [0.2, 0.25) is 0 Å². The van der Waals surface area contributed by atoms with Crippen LogP contribution in [0.3, 0.4) is 0 Å². The van der Waals surface area contributed by atoms with Crippen molar-refractivity contribution in [2.45, 2.75) is 52.6 Å². The summed E-state index contributed by atoms with van der Waals surface area (Å²) in [5, 5.41) is 9.60. The molecule has 0 saturated heterocycles. The number of cyclic esters (lactones) is 1. The number of aliphatic hydroxyl groups excluding tert-OH is 1. The quantitative estimate of drug-likeness (QED) is 0.749. The molecule has 0 spiro atoms. The summed E-state index contributed by atoms with van der Waals surface area (Å²) in [7, 11) is 0. The van der Waals surface area contributed by atoms with Gasteiger partial charge in [0.25, 0.3) is 0 Å². The van der Waals surface area contributed by atoms with Crippen LogP contribution >= 0.6 is 0 Å². The molecular weight excluding hydrogens is 204 g/mol. The predicted octanol–water partition coefficient (Wildman–Crippen LogP) is 3.21. The van der Waals surface area contributed by atoms with Gasteiger partial charge < -0.3 is 9.84 Å². The van der Waals surface area contributed by atoms with Gasteiger partial charge in [0.1, 0.15) is 11.4 Å². The Morgan fingerprint density at radius 1 is 1.31 bits per heavy atom. The van der Waals surface area contributed by atoms with Crippen molar-refractivity contribution in [3.05, 3.63) is 11.8 Å². The molecule has 0 fully saturated rings. The van der Waals surface area contributed by atoms with E-state index in [2.05, 4.69) is 27.7 Å². The van der Waals surface area contributed by atoms with Crippen LogP contribution < -0.4 is 0 Å². The highest BCUT2D eigenvalue weighted by Crippen LogP contribution is 2.36. The van der Waals surface area contributed by atoms with Gasteiger partial charge in [0.05, 0.1) is 6.08 Å². The van der Waals surface area contributed by atoms with E-state index in [0.29, 0.717) is 18.3 Å². The van der Waals surface area contributed by atoms with Crippen molar-refractivity contribution < 1.29 is 14.6 Å². The fourth-order valence-corrected chi connectivity index (χ4v) is 2.60. The van der Waals surface area contributed by atoms with Crippen LogP contribution in [0.1, 0.15) is 47.0 Å². The lowest BCUT2D eigenvalue weighted by molar-refractivity contribution is -0.161. The molecule has 0 saturated carbocycles. The molecule has 0 bridgehead atoms. The molecule has 0 unspecified atom stereocenters. The van der Waals surface area contributed by atoms with E-state index in [1.807, 2.05) is 0 Å². The van der Waals surface area contributed by atoms with Crippen LogP contribution in [0.4, 0.5) is 0 Å². The summed E-state index contributed by atoms with van der Waals surface area (Å²) < 4.78 is 5.49. The van der Waals surface area contributed by atoms with Crippen molar-refractivity contribution in [3.63, 3.8) is 0 Å².